The molecule has 0 radical (unpaired) electrons. The molecule has 0 heterocycles. The number of hydrogen-bond acceptors (Lipinski definition) is 6. The van der Waals surface area contributed by atoms with Crippen molar-refractivity contribution in [3.63, 3.8) is 0 Å². The number of anilines is 1. The first-order valence-electron chi connectivity index (χ1n) is 7.50. The molecule has 1 atom stereocenters. The summed E-state index contributed by atoms with van der Waals surface area (Å²) >= 11 is 8.10. The Labute approximate surface area is 192 Å². The third kappa shape index (κ3) is 6.84. The van der Waals surface area contributed by atoms with E-state index < -0.39 is 12.0 Å². The van der Waals surface area contributed by atoms with Crippen molar-refractivity contribution in [2.24, 2.45) is 5.73 Å². The summed E-state index contributed by atoms with van der Waals surface area (Å²) in [7, 11) is 0. The molecule has 0 spiro atoms. The zero-order valence-electron chi connectivity index (χ0n) is 14.9. The van der Waals surface area contributed by atoms with Crippen molar-refractivity contribution in [3.8, 4) is 5.75 Å². The Kier molecular flexibility index (Phi) is 11.5. The zero-order chi connectivity index (χ0) is 19.3. The second-order valence-electron chi connectivity index (χ2n) is 5.28. The number of carbonyl (C=O) groups is 1. The summed E-state index contributed by atoms with van der Waals surface area (Å²) in [5.41, 5.74) is 6.83. The number of aliphatic hydroxyl groups is 1. The molecule has 2 aromatic carbocycles. The van der Waals surface area contributed by atoms with Crippen LogP contribution in [0.4, 0.5) is 5.69 Å². The van der Waals surface area contributed by atoms with Crippen LogP contribution < -0.4 is 34.6 Å². The van der Waals surface area contributed by atoms with E-state index >= 15 is 0 Å². The number of halogens is 2. The van der Waals surface area contributed by atoms with E-state index in [0.717, 1.165) is 0 Å². The third-order valence-electron chi connectivity index (χ3n) is 3.44. The normalized spacial score (nSPS) is 10.8. The van der Waals surface area contributed by atoms with Gasteiger partial charge >= 0.3 is 24.8 Å². The molecule has 8 nitrogen and oxygen atoms in total. The summed E-state index contributed by atoms with van der Waals surface area (Å²) in [4.78, 5) is 11.9. The van der Waals surface area contributed by atoms with E-state index in [4.69, 9.17) is 32.6 Å². The summed E-state index contributed by atoms with van der Waals surface area (Å²) in [6.45, 7) is -0.167. The topological polar surface area (TPSA) is 159 Å². The van der Waals surface area contributed by atoms with Crippen LogP contribution in [0.25, 0.3) is 0 Å². The Hall–Kier alpha value is -1.48. The summed E-state index contributed by atoms with van der Waals surface area (Å²) in [6, 6.07) is 8.56. The molecular formula is C17H18ClILiN3O5. The first kappa shape index (κ1) is 26.5. The van der Waals surface area contributed by atoms with Crippen molar-refractivity contribution >= 4 is 51.7 Å². The SMILES string of the molecule is N=C(N)c1ccc(NC(C(=O)O)c2cc(Cl)cc(I)c2OCCO)cc1.[Li+].[OH-]. The van der Waals surface area contributed by atoms with Crippen LogP contribution >= 0.6 is 34.2 Å². The molecule has 0 fully saturated rings. The van der Waals surface area contributed by atoms with Crippen LogP contribution in [-0.4, -0.2) is 40.7 Å². The van der Waals surface area contributed by atoms with E-state index in [9.17, 15) is 9.90 Å². The molecule has 0 bridgehead atoms. The maximum absolute atomic E-state index is 11.9. The third-order valence-corrected chi connectivity index (χ3v) is 4.46. The minimum absolute atomic E-state index is 0. The number of aliphatic hydroxyl groups excluding tert-OH is 1. The van der Waals surface area contributed by atoms with Crippen molar-refractivity contribution in [3.05, 3.63) is 56.1 Å². The molecule has 11 heteroatoms. The first-order valence-corrected chi connectivity index (χ1v) is 8.95. The average Bonchev–Trinajstić information content (AvgIpc) is 2.58. The van der Waals surface area contributed by atoms with Crippen molar-refractivity contribution < 1.29 is 44.1 Å². The van der Waals surface area contributed by atoms with E-state index in [1.54, 1.807) is 30.3 Å². The minimum Gasteiger partial charge on any atom is -0.870 e. The van der Waals surface area contributed by atoms with E-state index in [1.165, 1.54) is 6.07 Å². The number of nitrogens with one attached hydrogen (secondary N) is 2. The number of benzene rings is 2. The number of carboxylic acids is 1. The molecule has 146 valence electrons. The molecule has 7 N–H and O–H groups in total. The van der Waals surface area contributed by atoms with Gasteiger partial charge in [0.15, 0.2) is 6.04 Å². The van der Waals surface area contributed by atoms with E-state index in [0.29, 0.717) is 31.2 Å². The van der Waals surface area contributed by atoms with Crippen LogP contribution in [-0.2, 0) is 4.79 Å². The molecule has 0 aromatic heterocycles. The fourth-order valence-corrected chi connectivity index (χ4v) is 3.49. The molecule has 28 heavy (non-hydrogen) atoms. The van der Waals surface area contributed by atoms with Gasteiger partial charge in [-0.2, -0.15) is 0 Å². The molecule has 1 unspecified atom stereocenters. The maximum atomic E-state index is 11.9. The fraction of sp³-hybridized carbons (Fsp3) is 0.176. The van der Waals surface area contributed by atoms with Gasteiger partial charge in [-0.05, 0) is 59.0 Å². The molecule has 0 saturated heterocycles. The number of nitrogen functional groups attached to an aromatic ring is 1. The Morgan fingerprint density at radius 1 is 1.32 bits per heavy atom. The molecule has 0 amide bonds. The number of amidine groups is 1. The van der Waals surface area contributed by atoms with Crippen molar-refractivity contribution in [2.75, 3.05) is 18.5 Å². The molecule has 2 aromatic rings. The maximum Gasteiger partial charge on any atom is 1.00 e. The van der Waals surface area contributed by atoms with Crippen molar-refractivity contribution in [2.45, 2.75) is 6.04 Å². The number of rotatable bonds is 8. The minimum atomic E-state index is -1.13. The van der Waals surface area contributed by atoms with E-state index in [-0.39, 0.29) is 43.4 Å². The van der Waals surface area contributed by atoms with Gasteiger partial charge in [-0.3, -0.25) is 5.41 Å². The average molecular weight is 514 g/mol. The van der Waals surface area contributed by atoms with Crippen molar-refractivity contribution in [1.29, 1.82) is 5.41 Å². The number of carboxylic acid groups (broad SMARTS) is 1. The number of ether oxygens (including phenoxy) is 1. The largest absolute Gasteiger partial charge is 1.00 e. The van der Waals surface area contributed by atoms with Crippen LogP contribution in [0, 0.1) is 8.98 Å². The predicted molar refractivity (Wildman–Crippen MR) is 110 cm³/mol. The molecular weight excluding hydrogens is 496 g/mol. The van der Waals surface area contributed by atoms with Crippen molar-refractivity contribution in [1.82, 2.24) is 0 Å². The first-order chi connectivity index (χ1) is 12.3. The smallest absolute Gasteiger partial charge is 0.870 e. The number of aliphatic carboxylic acids is 1. The predicted octanol–water partition coefficient (Wildman–Crippen LogP) is -0.335. The number of hydrogen-bond donors (Lipinski definition) is 5. The molecule has 0 aliphatic carbocycles. The van der Waals surface area contributed by atoms with Crippen LogP contribution in [0.2, 0.25) is 5.02 Å². The molecule has 0 aliphatic heterocycles. The van der Waals surface area contributed by atoms with Crippen LogP contribution in [0.1, 0.15) is 17.2 Å². The molecule has 0 saturated carbocycles. The van der Waals surface area contributed by atoms with Gasteiger partial charge in [0.25, 0.3) is 0 Å². The summed E-state index contributed by atoms with van der Waals surface area (Å²) in [6.07, 6.45) is 0. The Balaban J connectivity index is 0.00000364. The van der Waals surface area contributed by atoms with Crippen LogP contribution in [0.15, 0.2) is 36.4 Å². The standard InChI is InChI=1S/C17H17ClIN3O4.Li.H2O/c18-10-7-12(15(13(19)8-10)26-6-5-23)14(17(24)25)22-11-3-1-9(2-4-11)16(20)21;;/h1-4,7-8,14,22-23H,5-6H2,(H3,20,21)(H,24,25);;1H2/q;+1;/p-1. The summed E-state index contributed by atoms with van der Waals surface area (Å²) in [5.74, 6) is -0.840. The van der Waals surface area contributed by atoms with Crippen LogP contribution in [0.5, 0.6) is 5.75 Å². The molecule has 0 aliphatic rings. The van der Waals surface area contributed by atoms with Gasteiger partial charge in [0.05, 0.1) is 10.2 Å². The van der Waals surface area contributed by atoms with Gasteiger partial charge < -0.3 is 31.5 Å². The summed E-state index contributed by atoms with van der Waals surface area (Å²) < 4.78 is 6.16. The second-order valence-corrected chi connectivity index (χ2v) is 6.88. The molecule has 2 rings (SSSR count). The van der Waals surface area contributed by atoms with E-state index in [2.05, 4.69) is 5.32 Å². The van der Waals surface area contributed by atoms with Crippen LogP contribution in [0.3, 0.4) is 0 Å². The van der Waals surface area contributed by atoms with Gasteiger partial charge in [-0.15, -0.1) is 0 Å². The zero-order valence-corrected chi connectivity index (χ0v) is 17.9. The van der Waals surface area contributed by atoms with Gasteiger partial charge in [0.2, 0.25) is 0 Å². The summed E-state index contributed by atoms with van der Waals surface area (Å²) in [5, 5.41) is 29.4. The van der Waals surface area contributed by atoms with Gasteiger partial charge in [-0.25, -0.2) is 4.79 Å². The Bertz CT molecular complexity index is 823. The van der Waals surface area contributed by atoms with E-state index in [1.807, 2.05) is 22.6 Å². The van der Waals surface area contributed by atoms with Gasteiger partial charge in [0, 0.05) is 21.8 Å². The van der Waals surface area contributed by atoms with Gasteiger partial charge in [-0.1, -0.05) is 11.6 Å². The monoisotopic (exact) mass is 513 g/mol. The quantitative estimate of drug-likeness (QED) is 0.140. The fourth-order valence-electron chi connectivity index (χ4n) is 2.28. The number of nitrogens with two attached hydrogens (primary N) is 1. The Morgan fingerprint density at radius 3 is 2.43 bits per heavy atom. The Morgan fingerprint density at radius 2 is 1.93 bits per heavy atom. The van der Waals surface area contributed by atoms with Gasteiger partial charge in [0.1, 0.15) is 18.2 Å². The second kappa shape index (κ2) is 12.2.